The van der Waals surface area contributed by atoms with Crippen LogP contribution in [0.2, 0.25) is 0 Å². The summed E-state index contributed by atoms with van der Waals surface area (Å²) < 4.78 is 0. The lowest BCUT2D eigenvalue weighted by atomic mass is 10.1. The van der Waals surface area contributed by atoms with E-state index in [2.05, 4.69) is 29.7 Å². The number of amides is 1. The molecule has 2 aromatic rings. The van der Waals surface area contributed by atoms with Gasteiger partial charge in [-0.15, -0.1) is 0 Å². The van der Waals surface area contributed by atoms with Crippen molar-refractivity contribution in [2.45, 2.75) is 13.0 Å². The van der Waals surface area contributed by atoms with Crippen LogP contribution in [0.1, 0.15) is 28.9 Å². The molecule has 104 valence electrons. The highest BCUT2D eigenvalue weighted by Gasteiger charge is 2.13. The van der Waals surface area contributed by atoms with Gasteiger partial charge in [-0.05, 0) is 30.7 Å². The van der Waals surface area contributed by atoms with E-state index >= 15 is 0 Å². The quantitative estimate of drug-likeness (QED) is 0.748. The Morgan fingerprint density at radius 3 is 2.50 bits per heavy atom. The topological polar surface area (TPSA) is 67.2 Å². The second-order valence-electron chi connectivity index (χ2n) is 4.66. The number of hydrogen-bond donors (Lipinski definition) is 3. The molecule has 0 aliphatic carbocycles. The Balaban J connectivity index is 2.27. The zero-order valence-electron chi connectivity index (χ0n) is 11.7. The first-order chi connectivity index (χ1) is 9.61. The van der Waals surface area contributed by atoms with Gasteiger partial charge in [0, 0.05) is 24.5 Å². The molecule has 0 saturated carbocycles. The lowest BCUT2D eigenvalue weighted by Gasteiger charge is -2.18. The Hall–Kier alpha value is -2.49. The van der Waals surface area contributed by atoms with E-state index in [1.54, 1.807) is 19.2 Å². The van der Waals surface area contributed by atoms with Crippen LogP contribution < -0.4 is 16.4 Å². The van der Waals surface area contributed by atoms with Crippen LogP contribution in [0.3, 0.4) is 0 Å². The molecule has 1 atom stereocenters. The van der Waals surface area contributed by atoms with Crippen LogP contribution in [0.4, 0.5) is 11.4 Å². The van der Waals surface area contributed by atoms with Gasteiger partial charge in [0.2, 0.25) is 0 Å². The van der Waals surface area contributed by atoms with Crippen LogP contribution in [0.15, 0.2) is 48.5 Å². The Kier molecular flexibility index (Phi) is 4.25. The molecule has 4 nitrogen and oxygen atoms in total. The van der Waals surface area contributed by atoms with Gasteiger partial charge < -0.3 is 16.4 Å². The maximum Gasteiger partial charge on any atom is 0.253 e. The van der Waals surface area contributed by atoms with E-state index < -0.39 is 0 Å². The Labute approximate surface area is 119 Å². The molecular weight excluding hydrogens is 250 g/mol. The normalized spacial score (nSPS) is 11.7. The summed E-state index contributed by atoms with van der Waals surface area (Å²) in [7, 11) is 1.61. The molecule has 0 aromatic heterocycles. The molecule has 0 saturated heterocycles. The Morgan fingerprint density at radius 1 is 1.15 bits per heavy atom. The summed E-state index contributed by atoms with van der Waals surface area (Å²) in [4.78, 5) is 11.9. The molecule has 0 spiro atoms. The molecule has 1 amide bonds. The van der Waals surface area contributed by atoms with Crippen LogP contribution in [-0.2, 0) is 0 Å². The number of carbonyl (C=O) groups excluding carboxylic acids is 1. The van der Waals surface area contributed by atoms with Gasteiger partial charge in [0.15, 0.2) is 0 Å². The summed E-state index contributed by atoms with van der Waals surface area (Å²) in [6.07, 6.45) is 0. The second kappa shape index (κ2) is 6.10. The second-order valence-corrected chi connectivity index (χ2v) is 4.66. The van der Waals surface area contributed by atoms with Crippen LogP contribution in [0.25, 0.3) is 0 Å². The highest BCUT2D eigenvalue weighted by atomic mass is 16.1. The fourth-order valence-corrected chi connectivity index (χ4v) is 2.07. The van der Waals surface area contributed by atoms with Gasteiger partial charge in [0.1, 0.15) is 0 Å². The summed E-state index contributed by atoms with van der Waals surface area (Å²) in [6, 6.07) is 15.5. The minimum atomic E-state index is -0.153. The van der Waals surface area contributed by atoms with E-state index in [1.165, 1.54) is 0 Å². The third-order valence-electron chi connectivity index (χ3n) is 3.19. The average molecular weight is 269 g/mol. The molecular formula is C16H19N3O. The Morgan fingerprint density at radius 2 is 1.85 bits per heavy atom. The van der Waals surface area contributed by atoms with Crippen LogP contribution in [0.5, 0.6) is 0 Å². The summed E-state index contributed by atoms with van der Waals surface area (Å²) in [6.45, 7) is 2.05. The molecule has 0 unspecified atom stereocenters. The summed E-state index contributed by atoms with van der Waals surface area (Å²) in [5.74, 6) is -0.153. The molecule has 4 N–H and O–H groups in total. The van der Waals surface area contributed by atoms with E-state index in [0.29, 0.717) is 11.3 Å². The van der Waals surface area contributed by atoms with Gasteiger partial charge in [-0.25, -0.2) is 0 Å². The fourth-order valence-electron chi connectivity index (χ4n) is 2.07. The molecule has 0 heterocycles. The lowest BCUT2D eigenvalue weighted by Crippen LogP contribution is -2.20. The van der Waals surface area contributed by atoms with Crippen molar-refractivity contribution in [3.63, 3.8) is 0 Å². The van der Waals surface area contributed by atoms with E-state index in [1.807, 2.05) is 24.3 Å². The zero-order chi connectivity index (χ0) is 14.5. The standard InChI is InChI=1S/C16H19N3O/c1-11(12-6-4-3-5-7-12)19-15-9-8-13(17)10-14(15)16(20)18-2/h3-11,19H,17H2,1-2H3,(H,18,20)/t11-/m0/s1. The van der Waals surface area contributed by atoms with Gasteiger partial charge in [-0.3, -0.25) is 4.79 Å². The van der Waals surface area contributed by atoms with E-state index in [4.69, 9.17) is 5.73 Å². The van der Waals surface area contributed by atoms with E-state index in [0.717, 1.165) is 11.3 Å². The zero-order valence-corrected chi connectivity index (χ0v) is 11.7. The fraction of sp³-hybridized carbons (Fsp3) is 0.188. The van der Waals surface area contributed by atoms with Gasteiger partial charge in [0.25, 0.3) is 5.91 Å². The monoisotopic (exact) mass is 269 g/mol. The Bertz CT molecular complexity index is 596. The molecule has 0 bridgehead atoms. The van der Waals surface area contributed by atoms with Crippen molar-refractivity contribution in [1.29, 1.82) is 0 Å². The number of carbonyl (C=O) groups is 1. The minimum Gasteiger partial charge on any atom is -0.399 e. The van der Waals surface area contributed by atoms with Crippen molar-refractivity contribution in [2.24, 2.45) is 0 Å². The van der Waals surface area contributed by atoms with Crippen LogP contribution in [0, 0.1) is 0 Å². The SMILES string of the molecule is CNC(=O)c1cc(N)ccc1N[C@@H](C)c1ccccc1. The molecule has 4 heteroatoms. The summed E-state index contributed by atoms with van der Waals surface area (Å²) >= 11 is 0. The number of nitrogen functional groups attached to an aromatic ring is 1. The maximum atomic E-state index is 11.9. The molecule has 0 aliphatic heterocycles. The third-order valence-corrected chi connectivity index (χ3v) is 3.19. The first-order valence-corrected chi connectivity index (χ1v) is 6.55. The largest absolute Gasteiger partial charge is 0.399 e. The molecule has 0 radical (unpaired) electrons. The molecule has 2 aromatic carbocycles. The number of hydrogen-bond acceptors (Lipinski definition) is 3. The number of rotatable bonds is 4. The number of nitrogens with one attached hydrogen (secondary N) is 2. The first-order valence-electron chi connectivity index (χ1n) is 6.55. The van der Waals surface area contributed by atoms with Gasteiger partial charge in [-0.2, -0.15) is 0 Å². The van der Waals surface area contributed by atoms with Gasteiger partial charge in [0.05, 0.1) is 5.56 Å². The van der Waals surface area contributed by atoms with Gasteiger partial charge in [-0.1, -0.05) is 30.3 Å². The van der Waals surface area contributed by atoms with Crippen molar-refractivity contribution < 1.29 is 4.79 Å². The average Bonchev–Trinajstić information content (AvgIpc) is 2.49. The number of benzene rings is 2. The summed E-state index contributed by atoms with van der Waals surface area (Å²) in [5, 5.41) is 5.98. The number of anilines is 2. The van der Waals surface area contributed by atoms with E-state index in [-0.39, 0.29) is 11.9 Å². The van der Waals surface area contributed by atoms with Crippen molar-refractivity contribution in [1.82, 2.24) is 5.32 Å². The highest BCUT2D eigenvalue weighted by molar-refractivity contribution is 6.00. The molecule has 0 fully saturated rings. The third kappa shape index (κ3) is 3.09. The van der Waals surface area contributed by atoms with Crippen LogP contribution in [-0.4, -0.2) is 13.0 Å². The van der Waals surface area contributed by atoms with Crippen molar-refractivity contribution >= 4 is 17.3 Å². The van der Waals surface area contributed by atoms with Crippen LogP contribution >= 0.6 is 0 Å². The van der Waals surface area contributed by atoms with Crippen molar-refractivity contribution in [3.8, 4) is 0 Å². The lowest BCUT2D eigenvalue weighted by molar-refractivity contribution is 0.0964. The highest BCUT2D eigenvalue weighted by Crippen LogP contribution is 2.24. The van der Waals surface area contributed by atoms with E-state index in [9.17, 15) is 4.79 Å². The molecule has 2 rings (SSSR count). The molecule has 20 heavy (non-hydrogen) atoms. The van der Waals surface area contributed by atoms with Crippen molar-refractivity contribution in [3.05, 3.63) is 59.7 Å². The predicted octanol–water partition coefficient (Wildman–Crippen LogP) is 2.80. The van der Waals surface area contributed by atoms with Gasteiger partial charge >= 0.3 is 0 Å². The predicted molar refractivity (Wildman–Crippen MR) is 82.7 cm³/mol. The number of nitrogens with two attached hydrogens (primary N) is 1. The first kappa shape index (κ1) is 13.9. The smallest absolute Gasteiger partial charge is 0.253 e. The summed E-state index contributed by atoms with van der Waals surface area (Å²) in [5.41, 5.74) is 8.81. The molecule has 0 aliphatic rings. The minimum absolute atomic E-state index is 0.100. The maximum absolute atomic E-state index is 11.9. The van der Waals surface area contributed by atoms with Crippen molar-refractivity contribution in [2.75, 3.05) is 18.1 Å².